The van der Waals surface area contributed by atoms with Crippen LogP contribution in [0.2, 0.25) is 0 Å². The Hall–Kier alpha value is -2.62. The van der Waals surface area contributed by atoms with E-state index in [1.165, 1.54) is 5.56 Å². The maximum absolute atomic E-state index is 12.2. The molecule has 1 N–H and O–H groups in total. The van der Waals surface area contributed by atoms with Crippen LogP contribution in [0, 0.1) is 0 Å². The molecule has 0 fully saturated rings. The van der Waals surface area contributed by atoms with E-state index >= 15 is 0 Å². The smallest absolute Gasteiger partial charge is 0.313 e. The van der Waals surface area contributed by atoms with Crippen molar-refractivity contribution in [2.45, 2.75) is 39.0 Å². The number of rotatable bonds is 7. The van der Waals surface area contributed by atoms with Crippen molar-refractivity contribution < 1.29 is 14.3 Å². The van der Waals surface area contributed by atoms with Gasteiger partial charge in [-0.15, -0.1) is 0 Å². The van der Waals surface area contributed by atoms with E-state index in [0.717, 1.165) is 5.56 Å². The molecule has 0 aliphatic heterocycles. The van der Waals surface area contributed by atoms with E-state index in [9.17, 15) is 9.59 Å². The van der Waals surface area contributed by atoms with E-state index in [1.807, 2.05) is 61.5 Å². The highest BCUT2D eigenvalue weighted by Crippen LogP contribution is 2.21. The summed E-state index contributed by atoms with van der Waals surface area (Å²) in [4.78, 5) is 24.2. The first-order chi connectivity index (χ1) is 12.0. The lowest BCUT2D eigenvalue weighted by Crippen LogP contribution is -2.23. The Labute approximate surface area is 149 Å². The van der Waals surface area contributed by atoms with Crippen LogP contribution >= 0.6 is 0 Å². The molecule has 0 radical (unpaired) electrons. The highest BCUT2D eigenvalue weighted by atomic mass is 16.5. The molecule has 0 aliphatic rings. The molecular formula is C21H25NO3. The van der Waals surface area contributed by atoms with E-state index in [0.29, 0.717) is 18.0 Å². The molecule has 0 aliphatic carbocycles. The topological polar surface area (TPSA) is 55.4 Å². The fourth-order valence-corrected chi connectivity index (χ4v) is 2.61. The summed E-state index contributed by atoms with van der Waals surface area (Å²) in [7, 11) is 0. The predicted octanol–water partition coefficient (Wildman–Crippen LogP) is 4.49. The molecule has 1 atom stereocenters. The molecule has 4 heteroatoms. The van der Waals surface area contributed by atoms with E-state index in [-0.39, 0.29) is 24.4 Å². The zero-order valence-corrected chi connectivity index (χ0v) is 15.0. The first-order valence-electron chi connectivity index (χ1n) is 8.62. The standard InChI is InChI=1S/C21H25NO3/c1-4-19(17-8-6-5-7-9-17)21(24)25-14-20(23)22-18-12-10-16(11-13-18)15(2)3/h5-13,15,19H,4,14H2,1-3H3,(H,22,23)/t19-/m0/s1. The number of nitrogens with one attached hydrogen (secondary N) is 1. The summed E-state index contributed by atoms with van der Waals surface area (Å²) in [5.74, 6) is -0.624. The molecule has 0 saturated heterocycles. The van der Waals surface area contributed by atoms with Gasteiger partial charge < -0.3 is 10.1 Å². The number of carbonyl (C=O) groups excluding carboxylic acids is 2. The lowest BCUT2D eigenvalue weighted by Gasteiger charge is -2.14. The Morgan fingerprint density at radius 2 is 1.60 bits per heavy atom. The summed E-state index contributed by atoms with van der Waals surface area (Å²) < 4.78 is 5.19. The van der Waals surface area contributed by atoms with Crippen LogP contribution in [0.15, 0.2) is 54.6 Å². The van der Waals surface area contributed by atoms with Crippen LogP contribution in [0.3, 0.4) is 0 Å². The van der Waals surface area contributed by atoms with Crippen molar-refractivity contribution in [3.8, 4) is 0 Å². The molecule has 25 heavy (non-hydrogen) atoms. The summed E-state index contributed by atoms with van der Waals surface area (Å²) in [5, 5.41) is 2.74. The predicted molar refractivity (Wildman–Crippen MR) is 99.6 cm³/mol. The van der Waals surface area contributed by atoms with Gasteiger partial charge >= 0.3 is 5.97 Å². The average molecular weight is 339 g/mol. The molecule has 2 aromatic carbocycles. The number of ether oxygens (including phenoxy) is 1. The second-order valence-corrected chi connectivity index (χ2v) is 6.30. The number of amides is 1. The number of benzene rings is 2. The molecule has 0 aromatic heterocycles. The van der Waals surface area contributed by atoms with Gasteiger partial charge in [0.1, 0.15) is 0 Å². The molecule has 4 nitrogen and oxygen atoms in total. The first kappa shape index (κ1) is 18.7. The van der Waals surface area contributed by atoms with Crippen molar-refractivity contribution >= 4 is 17.6 Å². The number of anilines is 1. The van der Waals surface area contributed by atoms with Gasteiger partial charge in [0, 0.05) is 5.69 Å². The van der Waals surface area contributed by atoms with Crippen LogP contribution in [0.1, 0.15) is 50.2 Å². The summed E-state index contributed by atoms with van der Waals surface area (Å²) >= 11 is 0. The van der Waals surface area contributed by atoms with E-state index in [2.05, 4.69) is 19.2 Å². The van der Waals surface area contributed by atoms with Gasteiger partial charge in [-0.1, -0.05) is 63.2 Å². The van der Waals surface area contributed by atoms with Gasteiger partial charge in [-0.05, 0) is 35.6 Å². The van der Waals surface area contributed by atoms with Crippen molar-refractivity contribution in [2.24, 2.45) is 0 Å². The molecule has 2 aromatic rings. The van der Waals surface area contributed by atoms with Crippen molar-refractivity contribution in [1.29, 1.82) is 0 Å². The van der Waals surface area contributed by atoms with Crippen LogP contribution in [-0.4, -0.2) is 18.5 Å². The third-order valence-electron chi connectivity index (χ3n) is 4.10. The van der Waals surface area contributed by atoms with E-state index < -0.39 is 0 Å². The molecule has 2 rings (SSSR count). The SMILES string of the molecule is CC[C@H](C(=O)OCC(=O)Nc1ccc(C(C)C)cc1)c1ccccc1. The van der Waals surface area contributed by atoms with Crippen molar-refractivity contribution in [1.82, 2.24) is 0 Å². The minimum absolute atomic E-state index is 0.284. The van der Waals surface area contributed by atoms with Gasteiger partial charge in [0.25, 0.3) is 5.91 Å². The number of carbonyl (C=O) groups is 2. The Bertz CT molecular complexity index is 693. The van der Waals surface area contributed by atoms with Crippen molar-refractivity contribution in [3.05, 3.63) is 65.7 Å². The number of hydrogen-bond acceptors (Lipinski definition) is 3. The van der Waals surface area contributed by atoms with Crippen molar-refractivity contribution in [2.75, 3.05) is 11.9 Å². The highest BCUT2D eigenvalue weighted by molar-refractivity contribution is 5.93. The average Bonchev–Trinajstić information content (AvgIpc) is 2.62. The lowest BCUT2D eigenvalue weighted by molar-refractivity contribution is -0.149. The zero-order chi connectivity index (χ0) is 18.2. The Morgan fingerprint density at radius 1 is 0.960 bits per heavy atom. The number of hydrogen-bond donors (Lipinski definition) is 1. The van der Waals surface area contributed by atoms with Crippen LogP contribution < -0.4 is 5.32 Å². The van der Waals surface area contributed by atoms with Gasteiger partial charge in [0.15, 0.2) is 6.61 Å². The minimum atomic E-state index is -0.376. The quantitative estimate of drug-likeness (QED) is 0.756. The molecule has 0 unspecified atom stereocenters. The van der Waals surface area contributed by atoms with Crippen molar-refractivity contribution in [3.63, 3.8) is 0 Å². The largest absolute Gasteiger partial charge is 0.455 e. The molecule has 132 valence electrons. The normalized spacial score (nSPS) is 11.8. The summed E-state index contributed by atoms with van der Waals surface area (Å²) in [6.07, 6.45) is 0.626. The monoisotopic (exact) mass is 339 g/mol. The van der Waals surface area contributed by atoms with E-state index in [1.54, 1.807) is 0 Å². The minimum Gasteiger partial charge on any atom is -0.455 e. The molecule has 0 bridgehead atoms. The molecule has 1 amide bonds. The molecule has 0 spiro atoms. The first-order valence-corrected chi connectivity index (χ1v) is 8.62. The Balaban J connectivity index is 1.87. The number of esters is 1. The third-order valence-corrected chi connectivity index (χ3v) is 4.10. The molecule has 0 heterocycles. The zero-order valence-electron chi connectivity index (χ0n) is 15.0. The molecule has 0 saturated carbocycles. The Kier molecular flexibility index (Phi) is 6.75. The Morgan fingerprint density at radius 3 is 2.16 bits per heavy atom. The van der Waals surface area contributed by atoms with Crippen LogP contribution in [0.4, 0.5) is 5.69 Å². The molecular weight excluding hydrogens is 314 g/mol. The van der Waals surface area contributed by atoms with Gasteiger partial charge in [-0.25, -0.2) is 0 Å². The second-order valence-electron chi connectivity index (χ2n) is 6.30. The fourth-order valence-electron chi connectivity index (χ4n) is 2.61. The maximum atomic E-state index is 12.2. The third kappa shape index (κ3) is 5.45. The van der Waals surface area contributed by atoms with Crippen LogP contribution in [0.5, 0.6) is 0 Å². The van der Waals surface area contributed by atoms with Gasteiger partial charge in [-0.3, -0.25) is 9.59 Å². The summed E-state index contributed by atoms with van der Waals surface area (Å²) in [6.45, 7) is 5.87. The van der Waals surface area contributed by atoms with Crippen LogP contribution in [-0.2, 0) is 14.3 Å². The van der Waals surface area contributed by atoms with Gasteiger partial charge in [-0.2, -0.15) is 0 Å². The van der Waals surface area contributed by atoms with Gasteiger partial charge in [0.2, 0.25) is 0 Å². The maximum Gasteiger partial charge on any atom is 0.313 e. The summed E-state index contributed by atoms with van der Waals surface area (Å²) in [5.41, 5.74) is 2.80. The second kappa shape index (κ2) is 9.02. The highest BCUT2D eigenvalue weighted by Gasteiger charge is 2.20. The van der Waals surface area contributed by atoms with Crippen LogP contribution in [0.25, 0.3) is 0 Å². The summed E-state index contributed by atoms with van der Waals surface area (Å²) in [6, 6.07) is 17.1. The lowest BCUT2D eigenvalue weighted by atomic mass is 9.97. The fraction of sp³-hybridized carbons (Fsp3) is 0.333. The van der Waals surface area contributed by atoms with E-state index in [4.69, 9.17) is 4.74 Å². The van der Waals surface area contributed by atoms with Gasteiger partial charge in [0.05, 0.1) is 5.92 Å².